The first-order chi connectivity index (χ1) is 12.7. The van der Waals surface area contributed by atoms with Crippen LogP contribution < -0.4 is 5.32 Å². The number of hydrogen-bond acceptors (Lipinski definition) is 5. The van der Waals surface area contributed by atoms with Gasteiger partial charge in [0.2, 0.25) is 5.91 Å². The molecule has 0 fully saturated rings. The van der Waals surface area contributed by atoms with Crippen molar-refractivity contribution in [2.75, 3.05) is 13.2 Å². The van der Waals surface area contributed by atoms with Crippen molar-refractivity contribution in [2.24, 2.45) is 5.41 Å². The molecule has 0 heterocycles. The van der Waals surface area contributed by atoms with E-state index in [4.69, 9.17) is 9.47 Å². The molecule has 0 radical (unpaired) electrons. The number of carbonyl (C=O) groups is 3. The van der Waals surface area contributed by atoms with Crippen molar-refractivity contribution in [2.45, 2.75) is 98.4 Å². The first-order valence-corrected chi connectivity index (χ1v) is 10.3. The normalized spacial score (nSPS) is 12.3. The Morgan fingerprint density at radius 1 is 0.852 bits per heavy atom. The predicted octanol–water partition coefficient (Wildman–Crippen LogP) is 4.15. The Morgan fingerprint density at radius 3 is 1.96 bits per heavy atom. The molecule has 0 saturated heterocycles. The van der Waals surface area contributed by atoms with E-state index < -0.39 is 6.04 Å². The van der Waals surface area contributed by atoms with Gasteiger partial charge in [0.05, 0.1) is 6.04 Å². The maximum atomic E-state index is 12.1. The molecule has 6 nitrogen and oxygen atoms in total. The third-order valence-corrected chi connectivity index (χ3v) is 3.97. The molecule has 0 aromatic heterocycles. The lowest BCUT2D eigenvalue weighted by molar-refractivity contribution is -0.148. The van der Waals surface area contributed by atoms with Crippen molar-refractivity contribution in [1.29, 1.82) is 0 Å². The molecular formula is C21H39NO5. The van der Waals surface area contributed by atoms with Crippen LogP contribution in [-0.2, 0) is 23.9 Å². The molecule has 0 rings (SSSR count). The van der Waals surface area contributed by atoms with Gasteiger partial charge in [-0.1, -0.05) is 66.7 Å². The van der Waals surface area contributed by atoms with Crippen molar-refractivity contribution in [1.82, 2.24) is 5.32 Å². The smallest absolute Gasteiger partial charge is 0.305 e. The number of nitrogens with one attached hydrogen (secondary N) is 1. The largest absolute Gasteiger partial charge is 0.463 e. The van der Waals surface area contributed by atoms with Crippen LogP contribution in [0.4, 0.5) is 0 Å². The molecule has 0 spiro atoms. The first-order valence-electron chi connectivity index (χ1n) is 10.3. The fourth-order valence-electron chi connectivity index (χ4n) is 2.50. The van der Waals surface area contributed by atoms with Crippen LogP contribution in [0.5, 0.6) is 0 Å². The maximum Gasteiger partial charge on any atom is 0.305 e. The van der Waals surface area contributed by atoms with Gasteiger partial charge in [-0.3, -0.25) is 14.4 Å². The Hall–Kier alpha value is -1.59. The highest BCUT2D eigenvalue weighted by atomic mass is 16.5. The fourth-order valence-corrected chi connectivity index (χ4v) is 2.50. The minimum absolute atomic E-state index is 0.00680. The Balaban J connectivity index is 4.30. The quantitative estimate of drug-likeness (QED) is 0.359. The van der Waals surface area contributed by atoms with Gasteiger partial charge in [0.25, 0.3) is 0 Å². The Morgan fingerprint density at radius 2 is 1.41 bits per heavy atom. The van der Waals surface area contributed by atoms with Crippen molar-refractivity contribution in [3.8, 4) is 0 Å². The predicted molar refractivity (Wildman–Crippen MR) is 106 cm³/mol. The maximum absolute atomic E-state index is 12.1. The molecule has 0 unspecified atom stereocenters. The zero-order valence-electron chi connectivity index (χ0n) is 17.9. The SMILES string of the molecule is CCCCCCCCC(=O)OC[C@H](COC(=O)CC)NC(=O)CC(C)(C)C. The summed E-state index contributed by atoms with van der Waals surface area (Å²) < 4.78 is 10.4. The van der Waals surface area contributed by atoms with Gasteiger partial charge in [0.1, 0.15) is 13.2 Å². The van der Waals surface area contributed by atoms with Gasteiger partial charge >= 0.3 is 11.9 Å². The summed E-state index contributed by atoms with van der Waals surface area (Å²) in [6, 6.07) is -0.524. The average molecular weight is 386 g/mol. The zero-order chi connectivity index (χ0) is 20.7. The van der Waals surface area contributed by atoms with Crippen LogP contribution in [-0.4, -0.2) is 37.1 Å². The second kappa shape index (κ2) is 14.5. The lowest BCUT2D eigenvalue weighted by Crippen LogP contribution is -2.43. The third-order valence-electron chi connectivity index (χ3n) is 3.97. The van der Waals surface area contributed by atoms with E-state index in [-0.39, 0.29) is 42.9 Å². The van der Waals surface area contributed by atoms with Gasteiger partial charge in [0.15, 0.2) is 0 Å². The van der Waals surface area contributed by atoms with E-state index in [0.29, 0.717) is 12.8 Å². The zero-order valence-corrected chi connectivity index (χ0v) is 17.9. The highest BCUT2D eigenvalue weighted by Crippen LogP contribution is 2.18. The van der Waals surface area contributed by atoms with Gasteiger partial charge in [-0.2, -0.15) is 0 Å². The van der Waals surface area contributed by atoms with Crippen molar-refractivity contribution >= 4 is 17.8 Å². The average Bonchev–Trinajstić information content (AvgIpc) is 2.58. The molecule has 0 aliphatic rings. The van der Waals surface area contributed by atoms with Crippen LogP contribution in [0.15, 0.2) is 0 Å². The van der Waals surface area contributed by atoms with Crippen molar-refractivity contribution in [3.63, 3.8) is 0 Å². The van der Waals surface area contributed by atoms with E-state index in [2.05, 4.69) is 12.2 Å². The van der Waals surface area contributed by atoms with E-state index in [1.54, 1.807) is 6.92 Å². The molecule has 0 saturated carbocycles. The highest BCUT2D eigenvalue weighted by molar-refractivity contribution is 5.77. The number of ether oxygens (including phenoxy) is 2. The van der Waals surface area contributed by atoms with E-state index in [9.17, 15) is 14.4 Å². The summed E-state index contributed by atoms with van der Waals surface area (Å²) in [7, 11) is 0. The van der Waals surface area contributed by atoms with Crippen LogP contribution in [0.2, 0.25) is 0 Å². The summed E-state index contributed by atoms with van der Waals surface area (Å²) in [5, 5.41) is 2.81. The summed E-state index contributed by atoms with van der Waals surface area (Å²) in [6.07, 6.45) is 7.60. The summed E-state index contributed by atoms with van der Waals surface area (Å²) in [5.41, 5.74) is -0.150. The molecule has 27 heavy (non-hydrogen) atoms. The van der Waals surface area contributed by atoms with Gasteiger partial charge in [-0.25, -0.2) is 0 Å². The van der Waals surface area contributed by atoms with Crippen molar-refractivity contribution < 1.29 is 23.9 Å². The minimum atomic E-state index is -0.524. The molecular weight excluding hydrogens is 346 g/mol. The summed E-state index contributed by atoms with van der Waals surface area (Å²) in [5.74, 6) is -0.766. The lowest BCUT2D eigenvalue weighted by atomic mass is 9.92. The minimum Gasteiger partial charge on any atom is -0.463 e. The number of rotatable bonds is 14. The molecule has 6 heteroatoms. The van der Waals surface area contributed by atoms with E-state index in [1.165, 1.54) is 19.3 Å². The first kappa shape index (κ1) is 25.4. The Bertz CT molecular complexity index is 442. The fraction of sp³-hybridized carbons (Fsp3) is 0.857. The molecule has 1 amide bonds. The number of esters is 2. The number of unbranched alkanes of at least 4 members (excludes halogenated alkanes) is 5. The summed E-state index contributed by atoms with van der Waals surface area (Å²) in [4.78, 5) is 35.4. The highest BCUT2D eigenvalue weighted by Gasteiger charge is 2.21. The van der Waals surface area contributed by atoms with Crippen LogP contribution >= 0.6 is 0 Å². The Kier molecular flexibility index (Phi) is 13.6. The number of hydrogen-bond donors (Lipinski definition) is 1. The Labute approximate surface area is 164 Å². The monoisotopic (exact) mass is 385 g/mol. The van der Waals surface area contributed by atoms with E-state index >= 15 is 0 Å². The molecule has 0 bridgehead atoms. The van der Waals surface area contributed by atoms with Crippen LogP contribution in [0.3, 0.4) is 0 Å². The van der Waals surface area contributed by atoms with Crippen LogP contribution in [0, 0.1) is 5.41 Å². The summed E-state index contributed by atoms with van der Waals surface area (Å²) in [6.45, 7) is 9.81. The second-order valence-electron chi connectivity index (χ2n) is 8.24. The molecule has 1 N–H and O–H groups in total. The summed E-state index contributed by atoms with van der Waals surface area (Å²) >= 11 is 0. The number of amides is 1. The molecule has 0 aliphatic carbocycles. The lowest BCUT2D eigenvalue weighted by Gasteiger charge is -2.22. The van der Waals surface area contributed by atoms with Gasteiger partial charge in [-0.05, 0) is 11.8 Å². The molecule has 0 aromatic carbocycles. The van der Waals surface area contributed by atoms with E-state index in [0.717, 1.165) is 19.3 Å². The molecule has 0 aromatic rings. The second-order valence-corrected chi connectivity index (χ2v) is 8.24. The van der Waals surface area contributed by atoms with Gasteiger partial charge in [0, 0.05) is 19.3 Å². The standard InChI is InChI=1S/C21H39NO5/c1-6-8-9-10-11-12-13-20(25)27-16-17(15-26-19(24)7-2)22-18(23)14-21(3,4)5/h17H,6-16H2,1-5H3,(H,22,23)/t17-/m0/s1. The van der Waals surface area contributed by atoms with Gasteiger partial charge in [-0.15, -0.1) is 0 Å². The van der Waals surface area contributed by atoms with Gasteiger partial charge < -0.3 is 14.8 Å². The third kappa shape index (κ3) is 16.3. The molecule has 158 valence electrons. The topological polar surface area (TPSA) is 81.7 Å². The van der Waals surface area contributed by atoms with Crippen LogP contribution in [0.25, 0.3) is 0 Å². The number of carbonyl (C=O) groups excluding carboxylic acids is 3. The molecule has 0 aliphatic heterocycles. The van der Waals surface area contributed by atoms with Crippen LogP contribution in [0.1, 0.15) is 92.4 Å². The van der Waals surface area contributed by atoms with Crippen molar-refractivity contribution in [3.05, 3.63) is 0 Å². The van der Waals surface area contributed by atoms with E-state index in [1.807, 2.05) is 20.8 Å². The molecule has 1 atom stereocenters.